The van der Waals surface area contributed by atoms with Crippen LogP contribution in [-0.4, -0.2) is 48.8 Å². The third kappa shape index (κ3) is 3.69. The van der Waals surface area contributed by atoms with E-state index >= 15 is 0 Å². The highest BCUT2D eigenvalue weighted by molar-refractivity contribution is 5.75. The van der Waals surface area contributed by atoms with Crippen LogP contribution in [0, 0.1) is 11.3 Å². The summed E-state index contributed by atoms with van der Waals surface area (Å²) in [6, 6.07) is 0. The molecule has 4 heteroatoms. The standard InChI is InChI=1S/C15H27NO3/c1-2-4-13-5-8-16(9-6-13)11-15(14(17)18)7-3-10-19-12-15/h13H,2-12H2,1H3,(H,17,18). The molecule has 0 saturated carbocycles. The lowest BCUT2D eigenvalue weighted by Crippen LogP contribution is -2.50. The fourth-order valence-electron chi connectivity index (χ4n) is 3.48. The number of rotatable bonds is 5. The number of aliphatic carboxylic acids is 1. The van der Waals surface area contributed by atoms with Crippen molar-refractivity contribution < 1.29 is 14.6 Å². The Morgan fingerprint density at radius 3 is 2.68 bits per heavy atom. The normalized spacial score (nSPS) is 30.4. The number of ether oxygens (including phenoxy) is 1. The summed E-state index contributed by atoms with van der Waals surface area (Å²) in [5, 5.41) is 9.55. The average Bonchev–Trinajstić information content (AvgIpc) is 2.42. The van der Waals surface area contributed by atoms with Crippen molar-refractivity contribution in [2.45, 2.75) is 45.4 Å². The molecule has 0 aromatic carbocycles. The fraction of sp³-hybridized carbons (Fsp3) is 0.933. The third-order valence-corrected chi connectivity index (χ3v) is 4.71. The first kappa shape index (κ1) is 14.8. The highest BCUT2D eigenvalue weighted by atomic mass is 16.5. The average molecular weight is 269 g/mol. The second-order valence-electron chi connectivity index (χ2n) is 6.25. The van der Waals surface area contributed by atoms with Crippen LogP contribution in [0.4, 0.5) is 0 Å². The van der Waals surface area contributed by atoms with E-state index in [0.29, 0.717) is 19.8 Å². The Balaban J connectivity index is 1.87. The van der Waals surface area contributed by atoms with Gasteiger partial charge in [-0.25, -0.2) is 0 Å². The topological polar surface area (TPSA) is 49.8 Å². The van der Waals surface area contributed by atoms with E-state index in [4.69, 9.17) is 4.74 Å². The molecule has 110 valence electrons. The van der Waals surface area contributed by atoms with E-state index in [1.54, 1.807) is 0 Å². The minimum absolute atomic E-state index is 0.386. The van der Waals surface area contributed by atoms with Crippen molar-refractivity contribution in [3.05, 3.63) is 0 Å². The number of carbonyl (C=O) groups is 1. The third-order valence-electron chi connectivity index (χ3n) is 4.71. The van der Waals surface area contributed by atoms with Crippen molar-refractivity contribution in [1.82, 2.24) is 4.90 Å². The molecule has 2 saturated heterocycles. The van der Waals surface area contributed by atoms with Crippen molar-refractivity contribution >= 4 is 5.97 Å². The Labute approximate surface area is 116 Å². The van der Waals surface area contributed by atoms with Gasteiger partial charge in [0.25, 0.3) is 0 Å². The van der Waals surface area contributed by atoms with Gasteiger partial charge in [0.15, 0.2) is 0 Å². The van der Waals surface area contributed by atoms with E-state index in [1.807, 2.05) is 0 Å². The van der Waals surface area contributed by atoms with Gasteiger partial charge >= 0.3 is 5.97 Å². The van der Waals surface area contributed by atoms with Crippen LogP contribution in [-0.2, 0) is 9.53 Å². The molecule has 0 radical (unpaired) electrons. The van der Waals surface area contributed by atoms with Gasteiger partial charge in [0, 0.05) is 13.2 Å². The molecule has 2 heterocycles. The maximum atomic E-state index is 11.6. The Bertz CT molecular complexity index is 292. The molecule has 0 spiro atoms. The number of likely N-dealkylation sites (tertiary alicyclic amines) is 1. The van der Waals surface area contributed by atoms with Crippen LogP contribution in [0.3, 0.4) is 0 Å². The SMILES string of the molecule is CCCC1CCN(CC2(C(=O)O)CCCOC2)CC1. The summed E-state index contributed by atoms with van der Waals surface area (Å²) in [7, 11) is 0. The maximum Gasteiger partial charge on any atom is 0.313 e. The molecule has 0 amide bonds. The number of hydrogen-bond acceptors (Lipinski definition) is 3. The fourth-order valence-corrected chi connectivity index (χ4v) is 3.48. The van der Waals surface area contributed by atoms with Gasteiger partial charge in [0.2, 0.25) is 0 Å². The smallest absolute Gasteiger partial charge is 0.313 e. The number of hydrogen-bond donors (Lipinski definition) is 1. The highest BCUT2D eigenvalue weighted by Gasteiger charge is 2.42. The van der Waals surface area contributed by atoms with Crippen molar-refractivity contribution in [3.63, 3.8) is 0 Å². The van der Waals surface area contributed by atoms with Crippen LogP contribution >= 0.6 is 0 Å². The highest BCUT2D eigenvalue weighted by Crippen LogP contribution is 2.32. The van der Waals surface area contributed by atoms with Gasteiger partial charge in [-0.3, -0.25) is 4.79 Å². The lowest BCUT2D eigenvalue weighted by molar-refractivity contribution is -0.159. The van der Waals surface area contributed by atoms with E-state index in [1.165, 1.54) is 25.7 Å². The Hall–Kier alpha value is -0.610. The van der Waals surface area contributed by atoms with Gasteiger partial charge in [0.1, 0.15) is 5.41 Å². The largest absolute Gasteiger partial charge is 0.481 e. The number of carboxylic acid groups (broad SMARTS) is 1. The monoisotopic (exact) mass is 269 g/mol. The number of nitrogens with zero attached hydrogens (tertiary/aromatic N) is 1. The first-order valence-electron chi connectivity index (χ1n) is 7.70. The van der Waals surface area contributed by atoms with Crippen LogP contribution in [0.5, 0.6) is 0 Å². The second kappa shape index (κ2) is 6.71. The molecule has 4 nitrogen and oxygen atoms in total. The van der Waals surface area contributed by atoms with E-state index in [0.717, 1.165) is 31.8 Å². The Morgan fingerprint density at radius 2 is 2.16 bits per heavy atom. The predicted molar refractivity (Wildman–Crippen MR) is 74.2 cm³/mol. The summed E-state index contributed by atoms with van der Waals surface area (Å²) in [4.78, 5) is 14.0. The summed E-state index contributed by atoms with van der Waals surface area (Å²) in [6.45, 7) is 6.12. The van der Waals surface area contributed by atoms with E-state index in [-0.39, 0.29) is 0 Å². The van der Waals surface area contributed by atoms with Crippen molar-refractivity contribution in [2.75, 3.05) is 32.8 Å². The van der Waals surface area contributed by atoms with Crippen LogP contribution < -0.4 is 0 Å². The molecule has 2 rings (SSSR count). The Kier molecular flexibility index (Phi) is 5.22. The molecule has 1 atom stereocenters. The molecule has 0 aromatic heterocycles. The lowest BCUT2D eigenvalue weighted by atomic mass is 9.81. The quantitative estimate of drug-likeness (QED) is 0.832. The molecule has 19 heavy (non-hydrogen) atoms. The zero-order chi connectivity index (χ0) is 13.7. The Morgan fingerprint density at radius 1 is 1.42 bits per heavy atom. The number of piperidine rings is 1. The molecule has 2 fully saturated rings. The van der Waals surface area contributed by atoms with Gasteiger partial charge in [-0.05, 0) is 44.7 Å². The van der Waals surface area contributed by atoms with E-state index in [2.05, 4.69) is 11.8 Å². The summed E-state index contributed by atoms with van der Waals surface area (Å²) in [5.74, 6) is 0.174. The van der Waals surface area contributed by atoms with E-state index in [9.17, 15) is 9.90 Å². The van der Waals surface area contributed by atoms with Crippen LogP contribution in [0.2, 0.25) is 0 Å². The summed E-state index contributed by atoms with van der Waals surface area (Å²) >= 11 is 0. The van der Waals surface area contributed by atoms with Crippen LogP contribution in [0.25, 0.3) is 0 Å². The summed E-state index contributed by atoms with van der Waals surface area (Å²) in [6.07, 6.45) is 6.67. The zero-order valence-corrected chi connectivity index (χ0v) is 12.1. The molecule has 0 aromatic rings. The zero-order valence-electron chi connectivity index (χ0n) is 12.1. The van der Waals surface area contributed by atoms with Gasteiger partial charge in [0.05, 0.1) is 6.61 Å². The minimum atomic E-state index is -0.678. The first-order chi connectivity index (χ1) is 9.16. The van der Waals surface area contributed by atoms with Crippen molar-refractivity contribution in [3.8, 4) is 0 Å². The summed E-state index contributed by atoms with van der Waals surface area (Å²) in [5.41, 5.74) is -0.657. The molecule has 2 aliphatic rings. The molecular weight excluding hydrogens is 242 g/mol. The van der Waals surface area contributed by atoms with Crippen molar-refractivity contribution in [1.29, 1.82) is 0 Å². The molecule has 0 bridgehead atoms. The molecule has 0 aliphatic carbocycles. The molecular formula is C15H27NO3. The van der Waals surface area contributed by atoms with Gasteiger partial charge in [-0.2, -0.15) is 0 Å². The predicted octanol–water partition coefficient (Wildman–Crippen LogP) is 2.38. The summed E-state index contributed by atoms with van der Waals surface area (Å²) < 4.78 is 5.44. The lowest BCUT2D eigenvalue weighted by Gasteiger charge is -2.40. The second-order valence-corrected chi connectivity index (χ2v) is 6.25. The van der Waals surface area contributed by atoms with Crippen LogP contribution in [0.15, 0.2) is 0 Å². The molecule has 2 aliphatic heterocycles. The van der Waals surface area contributed by atoms with E-state index < -0.39 is 11.4 Å². The number of carboxylic acids is 1. The van der Waals surface area contributed by atoms with Gasteiger partial charge in [-0.1, -0.05) is 19.8 Å². The molecule has 1 unspecified atom stereocenters. The maximum absolute atomic E-state index is 11.6. The first-order valence-corrected chi connectivity index (χ1v) is 7.70. The molecule has 1 N–H and O–H groups in total. The minimum Gasteiger partial charge on any atom is -0.481 e. The van der Waals surface area contributed by atoms with Gasteiger partial charge < -0.3 is 14.7 Å². The van der Waals surface area contributed by atoms with Gasteiger partial charge in [-0.15, -0.1) is 0 Å². The van der Waals surface area contributed by atoms with Crippen molar-refractivity contribution in [2.24, 2.45) is 11.3 Å². The van der Waals surface area contributed by atoms with Crippen LogP contribution in [0.1, 0.15) is 45.4 Å².